The molecule has 0 bridgehead atoms. The van der Waals surface area contributed by atoms with Crippen molar-refractivity contribution in [3.8, 4) is 0 Å². The van der Waals surface area contributed by atoms with Gasteiger partial charge in [-0.15, -0.1) is 0 Å². The molecule has 1 spiro atoms. The molecule has 5 rings (SSSR count). The van der Waals surface area contributed by atoms with Crippen LogP contribution in [-0.4, -0.2) is 23.6 Å². The summed E-state index contributed by atoms with van der Waals surface area (Å²) in [4.78, 5) is 41.5. The fourth-order valence-electron chi connectivity index (χ4n) is 6.38. The summed E-state index contributed by atoms with van der Waals surface area (Å²) in [6.45, 7) is 8.41. The topological polar surface area (TPSA) is 72.9 Å². The number of amides is 2. The number of esters is 1. The predicted octanol–water partition coefficient (Wildman–Crippen LogP) is 4.45. The molecule has 4 aliphatic rings. The summed E-state index contributed by atoms with van der Waals surface area (Å²) in [6, 6.07) is 8.92. The van der Waals surface area contributed by atoms with E-state index in [1.165, 1.54) is 4.90 Å². The third-order valence-electron chi connectivity index (χ3n) is 7.85. The molecule has 170 valence electrons. The van der Waals surface area contributed by atoms with E-state index in [2.05, 4.69) is 20.8 Å². The van der Waals surface area contributed by atoms with Crippen LogP contribution in [-0.2, 0) is 23.9 Å². The largest absolute Gasteiger partial charge is 0.456 e. The zero-order chi connectivity index (χ0) is 22.8. The van der Waals surface area contributed by atoms with Crippen LogP contribution >= 0.6 is 0 Å². The Hall–Kier alpha value is -2.63. The first-order chi connectivity index (χ1) is 15.2. The maximum atomic E-state index is 13.5. The van der Waals surface area contributed by atoms with Crippen LogP contribution in [0.25, 0.3) is 0 Å². The van der Waals surface area contributed by atoms with E-state index in [0.29, 0.717) is 36.1 Å². The molecule has 1 aromatic rings. The van der Waals surface area contributed by atoms with Crippen LogP contribution in [0.15, 0.2) is 41.7 Å². The van der Waals surface area contributed by atoms with E-state index in [4.69, 9.17) is 9.47 Å². The normalized spacial score (nSPS) is 36.8. The molecule has 2 heterocycles. The van der Waals surface area contributed by atoms with Gasteiger partial charge in [0.15, 0.2) is 0 Å². The average molecular weight is 438 g/mol. The van der Waals surface area contributed by atoms with Crippen molar-refractivity contribution in [1.29, 1.82) is 0 Å². The van der Waals surface area contributed by atoms with Crippen LogP contribution in [0.4, 0.5) is 5.69 Å². The first-order valence-corrected chi connectivity index (χ1v) is 11.8. The lowest BCUT2D eigenvalue weighted by Crippen LogP contribution is -2.55. The number of ether oxygens (including phenoxy) is 2. The molecule has 1 saturated carbocycles. The van der Waals surface area contributed by atoms with Gasteiger partial charge in [-0.1, -0.05) is 45.9 Å². The Kier molecular flexibility index (Phi) is 4.95. The minimum Gasteiger partial charge on any atom is -0.456 e. The maximum Gasteiger partial charge on any atom is 0.341 e. The van der Waals surface area contributed by atoms with Crippen molar-refractivity contribution in [2.75, 3.05) is 4.90 Å². The minimum atomic E-state index is -0.973. The quantitative estimate of drug-likeness (QED) is 0.505. The van der Waals surface area contributed by atoms with E-state index in [1.807, 2.05) is 13.0 Å². The number of imide groups is 1. The molecule has 0 N–H and O–H groups in total. The van der Waals surface area contributed by atoms with Gasteiger partial charge in [0, 0.05) is 18.8 Å². The number of hydrogen-bond acceptors (Lipinski definition) is 5. The number of rotatable bonds is 2. The number of hydrogen-bond donors (Lipinski definition) is 0. The van der Waals surface area contributed by atoms with Gasteiger partial charge in [0.25, 0.3) is 5.79 Å². The van der Waals surface area contributed by atoms with Crippen molar-refractivity contribution >= 4 is 23.5 Å². The highest BCUT2D eigenvalue weighted by Gasteiger charge is 2.61. The zero-order valence-electron chi connectivity index (χ0n) is 19.2. The number of carbonyl (C=O) groups is 3. The molecule has 1 saturated heterocycles. The van der Waals surface area contributed by atoms with Crippen molar-refractivity contribution in [2.24, 2.45) is 35.5 Å². The molecule has 2 fully saturated rings. The third kappa shape index (κ3) is 3.02. The van der Waals surface area contributed by atoms with Gasteiger partial charge < -0.3 is 9.47 Å². The number of benzene rings is 1. The smallest absolute Gasteiger partial charge is 0.341 e. The number of anilines is 1. The number of carbonyl (C=O) groups excluding carboxylic acids is 3. The van der Waals surface area contributed by atoms with E-state index in [0.717, 1.165) is 12.8 Å². The zero-order valence-corrected chi connectivity index (χ0v) is 19.2. The fraction of sp³-hybridized carbons (Fsp3) is 0.577. The van der Waals surface area contributed by atoms with Gasteiger partial charge in [-0.2, -0.15) is 0 Å². The Labute approximate surface area is 188 Å². The molecule has 32 heavy (non-hydrogen) atoms. The summed E-state index contributed by atoms with van der Waals surface area (Å²) in [7, 11) is 0. The number of fused-ring (bicyclic) bond motifs is 2. The van der Waals surface area contributed by atoms with Gasteiger partial charge in [-0.25, -0.2) is 9.69 Å². The van der Waals surface area contributed by atoms with Gasteiger partial charge in [0.1, 0.15) is 5.76 Å². The summed E-state index contributed by atoms with van der Waals surface area (Å²) in [5, 5.41) is 0. The van der Waals surface area contributed by atoms with Gasteiger partial charge in [-0.3, -0.25) is 9.59 Å². The lowest BCUT2D eigenvalue weighted by molar-refractivity contribution is -0.273. The van der Waals surface area contributed by atoms with Crippen molar-refractivity contribution in [2.45, 2.75) is 59.2 Å². The monoisotopic (exact) mass is 437 g/mol. The highest BCUT2D eigenvalue weighted by atomic mass is 16.7. The van der Waals surface area contributed by atoms with Crippen LogP contribution in [0.5, 0.6) is 0 Å². The summed E-state index contributed by atoms with van der Waals surface area (Å²) in [6.07, 6.45) is 3.14. The SMILES string of the molecule is CC(C)[C@@H]1CC[C@@H](C)C[C@@]12OC(=O)C1=C(C[C@H](C)[C@@H]3C(=O)N(c4ccccc4)C(=O)[C@H]13)O2. The Morgan fingerprint density at radius 3 is 2.41 bits per heavy atom. The number of allylic oxidation sites excluding steroid dienone is 1. The molecule has 0 radical (unpaired) electrons. The second-order valence-corrected chi connectivity index (χ2v) is 10.4. The van der Waals surface area contributed by atoms with Crippen molar-refractivity contribution in [1.82, 2.24) is 0 Å². The minimum absolute atomic E-state index is 0.103. The molecule has 6 heteroatoms. The van der Waals surface area contributed by atoms with Gasteiger partial charge in [0.05, 0.1) is 23.1 Å². The van der Waals surface area contributed by atoms with Crippen LogP contribution in [0, 0.1) is 35.5 Å². The predicted molar refractivity (Wildman–Crippen MR) is 118 cm³/mol. The maximum absolute atomic E-state index is 13.5. The second-order valence-electron chi connectivity index (χ2n) is 10.4. The van der Waals surface area contributed by atoms with Crippen LogP contribution < -0.4 is 4.90 Å². The van der Waals surface area contributed by atoms with Crippen molar-refractivity contribution in [3.63, 3.8) is 0 Å². The van der Waals surface area contributed by atoms with Crippen LogP contribution in [0.2, 0.25) is 0 Å². The lowest BCUT2D eigenvalue weighted by Gasteiger charge is -2.50. The summed E-state index contributed by atoms with van der Waals surface area (Å²) < 4.78 is 12.7. The summed E-state index contributed by atoms with van der Waals surface area (Å²) >= 11 is 0. The Morgan fingerprint density at radius 1 is 1.00 bits per heavy atom. The Bertz CT molecular complexity index is 999. The average Bonchev–Trinajstić information content (AvgIpc) is 2.98. The van der Waals surface area contributed by atoms with E-state index in [-0.39, 0.29) is 29.2 Å². The molecule has 2 aliphatic carbocycles. The summed E-state index contributed by atoms with van der Waals surface area (Å²) in [5.74, 6) is -2.23. The molecule has 6 atom stereocenters. The number of para-hydroxylation sites is 1. The van der Waals surface area contributed by atoms with Crippen LogP contribution in [0.1, 0.15) is 53.4 Å². The summed E-state index contributed by atoms with van der Waals surface area (Å²) in [5.41, 5.74) is 0.796. The Morgan fingerprint density at radius 2 is 1.72 bits per heavy atom. The first kappa shape index (κ1) is 21.2. The van der Waals surface area contributed by atoms with E-state index in [9.17, 15) is 14.4 Å². The van der Waals surface area contributed by atoms with Crippen LogP contribution in [0.3, 0.4) is 0 Å². The molecule has 2 aliphatic heterocycles. The molecule has 2 amide bonds. The standard InChI is InChI=1S/C26H31NO5/c1-14(2)18-11-10-15(3)13-26(18)31-19-12-16(4)20-22(21(19)25(30)32-26)24(29)27(23(20)28)17-8-6-5-7-9-17/h5-9,14-16,18,20,22H,10-13H2,1-4H3/t15-,16+,18+,20+,22+,26-/m1/s1. The molecular weight excluding hydrogens is 406 g/mol. The van der Waals surface area contributed by atoms with Gasteiger partial charge >= 0.3 is 5.97 Å². The molecule has 0 unspecified atom stereocenters. The third-order valence-corrected chi connectivity index (χ3v) is 7.85. The van der Waals surface area contributed by atoms with Crippen molar-refractivity contribution < 1.29 is 23.9 Å². The first-order valence-electron chi connectivity index (χ1n) is 11.8. The van der Waals surface area contributed by atoms with Gasteiger partial charge in [0.2, 0.25) is 11.8 Å². The van der Waals surface area contributed by atoms with Crippen molar-refractivity contribution in [3.05, 3.63) is 41.7 Å². The van der Waals surface area contributed by atoms with E-state index >= 15 is 0 Å². The molecule has 6 nitrogen and oxygen atoms in total. The molecule has 0 aromatic heterocycles. The fourth-order valence-corrected chi connectivity index (χ4v) is 6.38. The molecule has 1 aromatic carbocycles. The van der Waals surface area contributed by atoms with Gasteiger partial charge in [-0.05, 0) is 42.7 Å². The lowest BCUT2D eigenvalue weighted by atomic mass is 9.70. The number of nitrogens with zero attached hydrogens (tertiary/aromatic N) is 1. The molecular formula is C26H31NO5. The Balaban J connectivity index is 1.56. The van der Waals surface area contributed by atoms with E-state index < -0.39 is 23.6 Å². The second kappa shape index (κ2) is 7.46. The van der Waals surface area contributed by atoms with E-state index in [1.54, 1.807) is 24.3 Å². The highest BCUT2D eigenvalue weighted by Crippen LogP contribution is 2.54. The highest BCUT2D eigenvalue weighted by molar-refractivity contribution is 6.24.